The van der Waals surface area contributed by atoms with E-state index in [0.717, 1.165) is 0 Å². The lowest BCUT2D eigenvalue weighted by molar-refractivity contribution is -0.580. The maximum atomic E-state index is 12.2. The number of hydrogen-bond acceptors (Lipinski definition) is 5. The minimum atomic E-state index is -0.416. The minimum absolute atomic E-state index is 0.0902. The molecule has 0 radical (unpaired) electrons. The van der Waals surface area contributed by atoms with Crippen LogP contribution in [0.4, 0.5) is 0 Å². The Morgan fingerprint density at radius 1 is 1.35 bits per heavy atom. The molecule has 0 spiro atoms. The number of nitrogens with zero attached hydrogens (tertiary/aromatic N) is 2. The van der Waals surface area contributed by atoms with Crippen molar-refractivity contribution in [2.75, 3.05) is 0 Å². The summed E-state index contributed by atoms with van der Waals surface area (Å²) in [4.78, 5) is 27.1. The molecule has 0 fully saturated rings. The number of benzene rings is 1. The lowest BCUT2D eigenvalue weighted by Crippen LogP contribution is -2.37. The average molecular weight is 274 g/mol. The van der Waals surface area contributed by atoms with Crippen LogP contribution in [0.2, 0.25) is 0 Å². The third-order valence-corrected chi connectivity index (χ3v) is 2.82. The van der Waals surface area contributed by atoms with Gasteiger partial charge in [-0.2, -0.15) is 4.73 Å². The van der Waals surface area contributed by atoms with Gasteiger partial charge < -0.3 is 9.94 Å². The lowest BCUT2D eigenvalue weighted by Gasteiger charge is -2.10. The first-order valence-electron chi connectivity index (χ1n) is 6.22. The second-order valence-corrected chi connectivity index (χ2v) is 4.26. The highest BCUT2D eigenvalue weighted by atomic mass is 16.5. The second kappa shape index (κ2) is 5.64. The zero-order valence-corrected chi connectivity index (χ0v) is 11.3. The van der Waals surface area contributed by atoms with E-state index in [9.17, 15) is 14.8 Å². The Morgan fingerprint density at radius 2 is 2.05 bits per heavy atom. The van der Waals surface area contributed by atoms with E-state index in [1.54, 1.807) is 31.2 Å². The van der Waals surface area contributed by atoms with Crippen LogP contribution in [0.5, 0.6) is 0 Å². The van der Waals surface area contributed by atoms with Gasteiger partial charge in [0.05, 0.1) is 0 Å². The highest BCUT2D eigenvalue weighted by Gasteiger charge is 2.23. The number of para-hydroxylation sites is 2. The van der Waals surface area contributed by atoms with Gasteiger partial charge >= 0.3 is 5.97 Å². The van der Waals surface area contributed by atoms with Crippen molar-refractivity contribution in [3.63, 3.8) is 0 Å². The molecular formula is C14H14N2O4. The fourth-order valence-electron chi connectivity index (χ4n) is 1.86. The molecule has 0 unspecified atom stereocenters. The van der Waals surface area contributed by atoms with Gasteiger partial charge in [-0.15, -0.1) is 0 Å². The van der Waals surface area contributed by atoms with Gasteiger partial charge in [0.15, 0.2) is 5.69 Å². The molecule has 2 aromatic rings. The van der Waals surface area contributed by atoms with Gasteiger partial charge in [-0.3, -0.25) is 9.59 Å². The lowest BCUT2D eigenvalue weighted by atomic mass is 10.2. The number of rotatable bonds is 4. The van der Waals surface area contributed by atoms with Crippen LogP contribution in [-0.2, 0) is 16.1 Å². The summed E-state index contributed by atoms with van der Waals surface area (Å²) >= 11 is 0. The first-order valence-corrected chi connectivity index (χ1v) is 6.22. The van der Waals surface area contributed by atoms with Crippen LogP contribution >= 0.6 is 0 Å². The number of carbonyl (C=O) groups is 2. The predicted molar refractivity (Wildman–Crippen MR) is 70.8 cm³/mol. The maximum Gasteiger partial charge on any atom is 0.305 e. The van der Waals surface area contributed by atoms with E-state index >= 15 is 0 Å². The number of Topliss-reactive ketones (excluding diaryl/α,β-unsaturated/α-hetero) is 1. The highest BCUT2D eigenvalue weighted by Crippen LogP contribution is 2.12. The van der Waals surface area contributed by atoms with Gasteiger partial charge in [0.25, 0.3) is 5.69 Å². The van der Waals surface area contributed by atoms with Crippen LogP contribution in [-0.4, -0.2) is 16.7 Å². The molecule has 2 rings (SSSR count). The van der Waals surface area contributed by atoms with Gasteiger partial charge in [-0.25, -0.2) is 4.98 Å². The molecule has 0 amide bonds. The Labute approximate surface area is 115 Å². The smallest absolute Gasteiger partial charge is 0.305 e. The summed E-state index contributed by atoms with van der Waals surface area (Å²) in [5.41, 5.74) is 0.846. The molecule has 6 nitrogen and oxygen atoms in total. The van der Waals surface area contributed by atoms with Crippen molar-refractivity contribution in [2.24, 2.45) is 0 Å². The molecule has 1 aromatic heterocycles. The third-order valence-electron chi connectivity index (χ3n) is 2.82. The standard InChI is InChI=1S/C14H14N2O4/c1-3-13(18)20-8-11-14(9(2)17)16(19)12-7-5-4-6-10(12)15-11/h4-7H,3,8H2,1-2H3. The summed E-state index contributed by atoms with van der Waals surface area (Å²) in [6.07, 6.45) is 0.223. The Balaban J connectivity index is 2.53. The summed E-state index contributed by atoms with van der Waals surface area (Å²) in [5, 5.41) is 12.2. The molecule has 104 valence electrons. The topological polar surface area (TPSA) is 83.2 Å². The summed E-state index contributed by atoms with van der Waals surface area (Å²) in [6.45, 7) is 2.76. The average Bonchev–Trinajstić information content (AvgIpc) is 2.44. The number of ketones is 1. The van der Waals surface area contributed by atoms with Gasteiger partial charge in [0, 0.05) is 19.4 Å². The van der Waals surface area contributed by atoms with Crippen LogP contribution in [0.25, 0.3) is 11.0 Å². The molecule has 0 aliphatic carbocycles. The van der Waals surface area contributed by atoms with E-state index in [2.05, 4.69) is 4.98 Å². The Bertz CT molecular complexity index is 682. The Hall–Kier alpha value is -2.50. The highest BCUT2D eigenvalue weighted by molar-refractivity contribution is 5.92. The summed E-state index contributed by atoms with van der Waals surface area (Å²) in [5.74, 6) is -0.826. The van der Waals surface area contributed by atoms with E-state index in [0.29, 0.717) is 15.8 Å². The van der Waals surface area contributed by atoms with E-state index in [4.69, 9.17) is 4.74 Å². The zero-order valence-electron chi connectivity index (χ0n) is 11.3. The van der Waals surface area contributed by atoms with Crippen molar-refractivity contribution in [2.45, 2.75) is 26.9 Å². The quantitative estimate of drug-likeness (QED) is 0.365. The van der Waals surface area contributed by atoms with Crippen molar-refractivity contribution in [3.8, 4) is 0 Å². The number of ether oxygens (including phenoxy) is 1. The molecule has 1 aromatic carbocycles. The summed E-state index contributed by atoms with van der Waals surface area (Å²) < 4.78 is 5.51. The number of hydrogen-bond donors (Lipinski definition) is 0. The third kappa shape index (κ3) is 2.59. The molecule has 20 heavy (non-hydrogen) atoms. The fraction of sp³-hybridized carbons (Fsp3) is 0.286. The van der Waals surface area contributed by atoms with Gasteiger partial charge in [-0.05, 0) is 6.07 Å². The molecular weight excluding hydrogens is 260 g/mol. The fourth-order valence-corrected chi connectivity index (χ4v) is 1.86. The van der Waals surface area contributed by atoms with Crippen molar-refractivity contribution in [1.29, 1.82) is 0 Å². The second-order valence-electron chi connectivity index (χ2n) is 4.26. The molecule has 0 atom stereocenters. The molecule has 0 aliphatic rings. The number of fused-ring (bicyclic) bond motifs is 1. The Morgan fingerprint density at radius 3 is 2.70 bits per heavy atom. The number of carbonyl (C=O) groups excluding carboxylic acids is 2. The minimum Gasteiger partial charge on any atom is -0.618 e. The monoisotopic (exact) mass is 274 g/mol. The van der Waals surface area contributed by atoms with Crippen LogP contribution in [0.3, 0.4) is 0 Å². The first kappa shape index (κ1) is 13.9. The van der Waals surface area contributed by atoms with Crippen molar-refractivity contribution in [3.05, 3.63) is 40.9 Å². The van der Waals surface area contributed by atoms with Gasteiger partial charge in [0.1, 0.15) is 12.1 Å². The molecule has 0 saturated carbocycles. The van der Waals surface area contributed by atoms with Crippen LogP contribution in [0.1, 0.15) is 36.5 Å². The SMILES string of the molecule is CCC(=O)OCc1nc2ccccc2[n+]([O-])c1C(C)=O. The van der Waals surface area contributed by atoms with E-state index < -0.39 is 11.8 Å². The normalized spacial score (nSPS) is 10.5. The van der Waals surface area contributed by atoms with Gasteiger partial charge in [0.2, 0.25) is 11.3 Å². The van der Waals surface area contributed by atoms with Crippen molar-refractivity contribution in [1.82, 2.24) is 4.98 Å². The summed E-state index contributed by atoms with van der Waals surface area (Å²) in [6, 6.07) is 6.69. The zero-order chi connectivity index (χ0) is 14.7. The van der Waals surface area contributed by atoms with E-state index in [-0.39, 0.29) is 24.4 Å². The molecule has 0 aliphatic heterocycles. The molecule has 0 N–H and O–H groups in total. The number of esters is 1. The van der Waals surface area contributed by atoms with Crippen LogP contribution < -0.4 is 4.73 Å². The Kier molecular flexibility index (Phi) is 3.93. The predicted octanol–water partition coefficient (Wildman–Crippen LogP) is 1.52. The van der Waals surface area contributed by atoms with Crippen molar-refractivity contribution < 1.29 is 19.1 Å². The molecule has 1 heterocycles. The van der Waals surface area contributed by atoms with Crippen molar-refractivity contribution >= 4 is 22.8 Å². The van der Waals surface area contributed by atoms with Crippen LogP contribution in [0, 0.1) is 5.21 Å². The molecule has 0 bridgehead atoms. The van der Waals surface area contributed by atoms with Crippen LogP contribution in [0.15, 0.2) is 24.3 Å². The maximum absolute atomic E-state index is 12.2. The largest absolute Gasteiger partial charge is 0.618 e. The summed E-state index contributed by atoms with van der Waals surface area (Å²) in [7, 11) is 0. The molecule has 0 saturated heterocycles. The number of aromatic nitrogens is 2. The van der Waals surface area contributed by atoms with Gasteiger partial charge in [-0.1, -0.05) is 19.1 Å². The first-order chi connectivity index (χ1) is 9.54. The van der Waals surface area contributed by atoms with E-state index in [1.807, 2.05) is 0 Å². The van der Waals surface area contributed by atoms with E-state index in [1.165, 1.54) is 6.92 Å². The molecule has 6 heteroatoms.